The summed E-state index contributed by atoms with van der Waals surface area (Å²) in [5, 5.41) is 17.8. The molecule has 0 spiro atoms. The highest BCUT2D eigenvalue weighted by Gasteiger charge is 2.30. The highest BCUT2D eigenvalue weighted by Crippen LogP contribution is 2.30. The first-order valence-electron chi connectivity index (χ1n) is 7.93. The van der Waals surface area contributed by atoms with Crippen LogP contribution in [0.4, 0.5) is 13.2 Å². The molecule has 0 aliphatic rings. The summed E-state index contributed by atoms with van der Waals surface area (Å²) in [4.78, 5) is 4.36. The molecule has 1 atom stereocenters. The zero-order valence-corrected chi connectivity index (χ0v) is 15.0. The van der Waals surface area contributed by atoms with Crippen LogP contribution in [0.2, 0.25) is 0 Å². The van der Waals surface area contributed by atoms with E-state index in [2.05, 4.69) is 25.8 Å². The van der Waals surface area contributed by atoms with Gasteiger partial charge in [-0.1, -0.05) is 6.92 Å². The van der Waals surface area contributed by atoms with E-state index < -0.39 is 11.7 Å². The molecule has 0 aliphatic carbocycles. The largest absolute Gasteiger partial charge is 0.416 e. The van der Waals surface area contributed by atoms with Crippen LogP contribution in [0.1, 0.15) is 36.7 Å². The molecule has 138 valence electrons. The van der Waals surface area contributed by atoms with Gasteiger partial charge in [-0.2, -0.15) is 17.9 Å². The van der Waals surface area contributed by atoms with Gasteiger partial charge in [0.15, 0.2) is 5.82 Å². The number of tetrazole rings is 1. The molecule has 0 bridgehead atoms. The average molecular weight is 382 g/mol. The Balaban J connectivity index is 1.79. The maximum atomic E-state index is 12.7. The molecule has 1 aromatic carbocycles. The van der Waals surface area contributed by atoms with Gasteiger partial charge in [-0.3, -0.25) is 5.32 Å². The number of benzene rings is 1. The van der Waals surface area contributed by atoms with Gasteiger partial charge < -0.3 is 0 Å². The van der Waals surface area contributed by atoms with E-state index in [-0.39, 0.29) is 5.54 Å². The van der Waals surface area contributed by atoms with Crippen molar-refractivity contribution >= 4 is 11.3 Å². The SMILES string of the molecule is CC[C@](C)(NCc1nnnn1-c1ccc(C(F)(F)F)cc1)c1nccs1. The van der Waals surface area contributed by atoms with Crippen molar-refractivity contribution in [1.82, 2.24) is 30.5 Å². The molecule has 0 aliphatic heterocycles. The zero-order chi connectivity index (χ0) is 18.8. The lowest BCUT2D eigenvalue weighted by atomic mass is 10.00. The predicted molar refractivity (Wildman–Crippen MR) is 90.8 cm³/mol. The molecular formula is C16H17F3N6S. The predicted octanol–water partition coefficient (Wildman–Crippen LogP) is 3.55. The van der Waals surface area contributed by atoms with E-state index in [0.717, 1.165) is 23.6 Å². The van der Waals surface area contributed by atoms with E-state index in [1.165, 1.54) is 16.8 Å². The summed E-state index contributed by atoms with van der Waals surface area (Å²) in [5.41, 5.74) is -0.589. The second kappa shape index (κ2) is 7.12. The van der Waals surface area contributed by atoms with Crippen molar-refractivity contribution in [2.75, 3.05) is 0 Å². The third-order valence-electron chi connectivity index (χ3n) is 4.22. The number of halogens is 3. The van der Waals surface area contributed by atoms with Gasteiger partial charge in [0.1, 0.15) is 5.01 Å². The van der Waals surface area contributed by atoms with Crippen molar-refractivity contribution in [1.29, 1.82) is 0 Å². The number of nitrogens with zero attached hydrogens (tertiary/aromatic N) is 5. The van der Waals surface area contributed by atoms with Crippen LogP contribution in [-0.2, 0) is 18.3 Å². The van der Waals surface area contributed by atoms with Crippen molar-refractivity contribution in [2.24, 2.45) is 0 Å². The molecule has 26 heavy (non-hydrogen) atoms. The Morgan fingerprint density at radius 3 is 2.50 bits per heavy atom. The van der Waals surface area contributed by atoms with Crippen molar-refractivity contribution in [2.45, 2.75) is 38.5 Å². The topological polar surface area (TPSA) is 68.5 Å². The van der Waals surface area contributed by atoms with Gasteiger partial charge >= 0.3 is 6.18 Å². The van der Waals surface area contributed by atoms with E-state index >= 15 is 0 Å². The average Bonchev–Trinajstić information content (AvgIpc) is 3.31. The molecule has 0 amide bonds. The van der Waals surface area contributed by atoms with Crippen LogP contribution < -0.4 is 5.32 Å². The minimum atomic E-state index is -4.37. The van der Waals surface area contributed by atoms with Crippen LogP contribution in [0.25, 0.3) is 5.69 Å². The molecule has 10 heteroatoms. The Hall–Kier alpha value is -2.33. The number of thiazole rings is 1. The second-order valence-corrected chi connectivity index (χ2v) is 6.82. The Kier molecular flexibility index (Phi) is 5.05. The minimum Gasteiger partial charge on any atom is -0.298 e. The van der Waals surface area contributed by atoms with Gasteiger partial charge in [0.05, 0.1) is 23.3 Å². The monoisotopic (exact) mass is 382 g/mol. The summed E-state index contributed by atoms with van der Waals surface area (Å²) in [6.07, 6.45) is -1.82. The number of nitrogens with one attached hydrogen (secondary N) is 1. The number of alkyl halides is 3. The van der Waals surface area contributed by atoms with Gasteiger partial charge in [0, 0.05) is 11.6 Å². The fourth-order valence-corrected chi connectivity index (χ4v) is 3.28. The Bertz CT molecular complexity index is 844. The summed E-state index contributed by atoms with van der Waals surface area (Å²) >= 11 is 1.56. The molecule has 0 fully saturated rings. The number of hydrogen-bond acceptors (Lipinski definition) is 6. The first kappa shape index (κ1) is 18.5. The first-order chi connectivity index (χ1) is 12.3. The van der Waals surface area contributed by atoms with Gasteiger partial charge in [-0.25, -0.2) is 4.98 Å². The highest BCUT2D eigenvalue weighted by atomic mass is 32.1. The lowest BCUT2D eigenvalue weighted by Crippen LogP contribution is -2.39. The van der Waals surface area contributed by atoms with Crippen molar-refractivity contribution in [3.8, 4) is 5.69 Å². The third kappa shape index (κ3) is 3.75. The quantitative estimate of drug-likeness (QED) is 0.706. The van der Waals surface area contributed by atoms with Crippen molar-refractivity contribution < 1.29 is 13.2 Å². The van der Waals surface area contributed by atoms with Crippen LogP contribution in [0.15, 0.2) is 35.8 Å². The summed E-state index contributed by atoms with van der Waals surface area (Å²) in [5.74, 6) is 0.501. The smallest absolute Gasteiger partial charge is 0.298 e. The van der Waals surface area contributed by atoms with E-state index in [1.54, 1.807) is 17.5 Å². The Labute approximate surface area is 152 Å². The molecule has 0 unspecified atom stereocenters. The summed E-state index contributed by atoms with van der Waals surface area (Å²) in [6, 6.07) is 4.73. The molecule has 0 radical (unpaired) electrons. The first-order valence-corrected chi connectivity index (χ1v) is 8.81. The second-order valence-electron chi connectivity index (χ2n) is 5.93. The van der Waals surface area contributed by atoms with E-state index in [1.807, 2.05) is 19.2 Å². The van der Waals surface area contributed by atoms with Crippen LogP contribution in [-0.4, -0.2) is 25.2 Å². The highest BCUT2D eigenvalue weighted by molar-refractivity contribution is 7.09. The summed E-state index contributed by atoms with van der Waals surface area (Å²) in [7, 11) is 0. The fraction of sp³-hybridized carbons (Fsp3) is 0.375. The molecule has 0 saturated heterocycles. The van der Waals surface area contributed by atoms with Gasteiger partial charge in [0.2, 0.25) is 0 Å². The van der Waals surface area contributed by atoms with E-state index in [4.69, 9.17) is 0 Å². The number of rotatable bonds is 6. The van der Waals surface area contributed by atoms with Gasteiger partial charge in [0.25, 0.3) is 0 Å². The van der Waals surface area contributed by atoms with Crippen LogP contribution in [0.5, 0.6) is 0 Å². The maximum absolute atomic E-state index is 12.7. The molecule has 3 rings (SSSR count). The normalized spacial score (nSPS) is 14.3. The number of aromatic nitrogens is 5. The lowest BCUT2D eigenvalue weighted by molar-refractivity contribution is -0.137. The molecule has 0 saturated carbocycles. The van der Waals surface area contributed by atoms with Crippen molar-refractivity contribution in [3.63, 3.8) is 0 Å². The standard InChI is InChI=1S/C16H17F3N6S/c1-3-15(2,14-20-8-9-26-14)21-10-13-22-23-24-25(13)12-6-4-11(5-7-12)16(17,18)19/h4-9,21H,3,10H2,1-2H3/t15-/m0/s1. The minimum absolute atomic E-state index is 0.342. The fourth-order valence-electron chi connectivity index (χ4n) is 2.43. The number of hydrogen-bond donors (Lipinski definition) is 1. The molecule has 3 aromatic rings. The van der Waals surface area contributed by atoms with Crippen LogP contribution >= 0.6 is 11.3 Å². The molecular weight excluding hydrogens is 365 g/mol. The molecule has 2 aromatic heterocycles. The van der Waals surface area contributed by atoms with Crippen molar-refractivity contribution in [3.05, 3.63) is 52.2 Å². The molecule has 2 heterocycles. The lowest BCUT2D eigenvalue weighted by Gasteiger charge is -2.27. The molecule has 1 N–H and O–H groups in total. The third-order valence-corrected chi connectivity index (χ3v) is 5.26. The molecule has 6 nitrogen and oxygen atoms in total. The Morgan fingerprint density at radius 1 is 1.19 bits per heavy atom. The van der Waals surface area contributed by atoms with Gasteiger partial charge in [-0.15, -0.1) is 16.4 Å². The van der Waals surface area contributed by atoms with E-state index in [0.29, 0.717) is 18.1 Å². The zero-order valence-electron chi connectivity index (χ0n) is 14.2. The van der Waals surface area contributed by atoms with Crippen LogP contribution in [0.3, 0.4) is 0 Å². The summed E-state index contributed by atoms with van der Waals surface area (Å²) in [6.45, 7) is 4.43. The summed E-state index contributed by atoms with van der Waals surface area (Å²) < 4.78 is 39.5. The maximum Gasteiger partial charge on any atom is 0.416 e. The van der Waals surface area contributed by atoms with Gasteiger partial charge in [-0.05, 0) is 48.0 Å². The van der Waals surface area contributed by atoms with E-state index in [9.17, 15) is 13.2 Å². The van der Waals surface area contributed by atoms with Crippen LogP contribution in [0, 0.1) is 0 Å². The Morgan fingerprint density at radius 2 is 1.92 bits per heavy atom.